The first kappa shape index (κ1) is 63.6. The number of hydrogen-bond acceptors (Lipinski definition) is 6. The molecule has 0 aromatic heterocycles. The fourth-order valence-electron chi connectivity index (χ4n) is 7.64. The maximum absolute atomic E-state index is 12.8. The van der Waals surface area contributed by atoms with Crippen molar-refractivity contribution in [2.75, 3.05) is 13.2 Å². The van der Waals surface area contributed by atoms with Crippen molar-refractivity contribution in [2.45, 2.75) is 271 Å². The molecule has 0 rings (SSSR count). The molecule has 0 amide bonds. The monoisotopic (exact) mass is 933 g/mol. The van der Waals surface area contributed by atoms with E-state index in [-0.39, 0.29) is 37.5 Å². The molecule has 384 valence electrons. The van der Waals surface area contributed by atoms with Crippen LogP contribution in [0.25, 0.3) is 0 Å². The van der Waals surface area contributed by atoms with E-state index in [1.54, 1.807) is 0 Å². The van der Waals surface area contributed by atoms with Crippen LogP contribution in [0.1, 0.15) is 265 Å². The fraction of sp³-hybridized carbons (Fsp3) is 0.721. The smallest absolute Gasteiger partial charge is 0.306 e. The molecule has 0 aliphatic carbocycles. The molecule has 1 unspecified atom stereocenters. The molecule has 0 aromatic carbocycles. The van der Waals surface area contributed by atoms with Crippen molar-refractivity contribution < 1.29 is 28.6 Å². The molecule has 0 saturated heterocycles. The number of ether oxygens (including phenoxy) is 3. The molecule has 1 atom stereocenters. The molecule has 0 N–H and O–H groups in total. The van der Waals surface area contributed by atoms with Crippen LogP contribution in [-0.4, -0.2) is 37.2 Å². The first-order valence-corrected chi connectivity index (χ1v) is 28.1. The zero-order valence-electron chi connectivity index (χ0n) is 43.9. The summed E-state index contributed by atoms with van der Waals surface area (Å²) in [4.78, 5) is 38.1. The number of hydrogen-bond donors (Lipinski definition) is 0. The summed E-state index contributed by atoms with van der Waals surface area (Å²) in [5.74, 6) is -0.982. The Kier molecular flexibility index (Phi) is 52.4. The summed E-state index contributed by atoms with van der Waals surface area (Å²) in [6.07, 6.45) is 71.5. The lowest BCUT2D eigenvalue weighted by Crippen LogP contribution is -2.30. The van der Waals surface area contributed by atoms with Gasteiger partial charge in [-0.3, -0.25) is 14.4 Å². The maximum atomic E-state index is 12.8. The van der Waals surface area contributed by atoms with Crippen LogP contribution in [0.3, 0.4) is 0 Å². The third kappa shape index (κ3) is 53.4. The van der Waals surface area contributed by atoms with Crippen LogP contribution >= 0.6 is 0 Å². The molecule has 0 aliphatic heterocycles. The first-order chi connectivity index (χ1) is 33.0. The van der Waals surface area contributed by atoms with E-state index in [4.69, 9.17) is 14.2 Å². The van der Waals surface area contributed by atoms with Crippen LogP contribution in [-0.2, 0) is 28.6 Å². The van der Waals surface area contributed by atoms with E-state index >= 15 is 0 Å². The number of esters is 3. The van der Waals surface area contributed by atoms with Crippen LogP contribution < -0.4 is 0 Å². The van der Waals surface area contributed by atoms with E-state index in [1.807, 2.05) is 0 Å². The molecule has 0 saturated carbocycles. The molecular weight excluding hydrogens is 829 g/mol. The number of unbranched alkanes of at least 4 members (excludes halogenated alkanes) is 25. The van der Waals surface area contributed by atoms with Gasteiger partial charge in [0.15, 0.2) is 6.10 Å². The molecule has 0 aromatic rings. The Hall–Kier alpha value is -3.41. The molecule has 67 heavy (non-hydrogen) atoms. The van der Waals surface area contributed by atoms with Gasteiger partial charge in [0.25, 0.3) is 0 Å². The Bertz CT molecular complexity index is 1300. The molecule has 0 radical (unpaired) electrons. The van der Waals surface area contributed by atoms with Gasteiger partial charge in [-0.2, -0.15) is 0 Å². The van der Waals surface area contributed by atoms with Gasteiger partial charge in [0.1, 0.15) is 13.2 Å². The predicted octanol–water partition coefficient (Wildman–Crippen LogP) is 18.8. The molecular formula is C61H104O6. The highest BCUT2D eigenvalue weighted by Gasteiger charge is 2.19. The summed E-state index contributed by atoms with van der Waals surface area (Å²) >= 11 is 0. The normalized spacial score (nSPS) is 12.7. The summed E-state index contributed by atoms with van der Waals surface area (Å²) in [6, 6.07) is 0. The molecule has 6 nitrogen and oxygen atoms in total. The summed E-state index contributed by atoms with van der Waals surface area (Å²) in [5.41, 5.74) is 0. The van der Waals surface area contributed by atoms with Gasteiger partial charge in [-0.1, -0.05) is 221 Å². The zero-order valence-corrected chi connectivity index (χ0v) is 43.9. The van der Waals surface area contributed by atoms with Crippen molar-refractivity contribution in [3.8, 4) is 0 Å². The van der Waals surface area contributed by atoms with Crippen LogP contribution in [0.5, 0.6) is 0 Å². The van der Waals surface area contributed by atoms with Gasteiger partial charge in [-0.05, 0) is 109 Å². The lowest BCUT2D eigenvalue weighted by Gasteiger charge is -2.18. The fourth-order valence-corrected chi connectivity index (χ4v) is 7.64. The quantitative estimate of drug-likeness (QED) is 0.0262. The Labute approximate surface area is 414 Å². The van der Waals surface area contributed by atoms with Crippen molar-refractivity contribution in [3.05, 3.63) is 85.1 Å². The highest BCUT2D eigenvalue weighted by atomic mass is 16.6. The minimum atomic E-state index is -0.814. The van der Waals surface area contributed by atoms with E-state index in [9.17, 15) is 14.4 Å². The van der Waals surface area contributed by atoms with E-state index in [0.717, 1.165) is 89.9 Å². The summed E-state index contributed by atoms with van der Waals surface area (Å²) in [7, 11) is 0. The third-order valence-corrected chi connectivity index (χ3v) is 11.9. The lowest BCUT2D eigenvalue weighted by atomic mass is 10.1. The number of carbonyl (C=O) groups is 3. The SMILES string of the molecule is CC/C=C\C/C=C\C/C=C\C/C=C\C/C=C\CCCC(=O)OC(COC(=O)CCCCC/C=C\CCCCCCCC)COC(=O)CCCCCCCCC/C=C\CCCCCCCCCC. The standard InChI is InChI=1S/C61H104O6/c1-4-7-10-13-16-19-22-25-27-29-30-32-33-36-39-42-45-48-51-54-60(63)66-57-58(56-65-59(62)53-50-47-44-41-38-35-24-21-18-15-12-9-6-3)67-61(64)55-52-49-46-43-40-37-34-31-28-26-23-20-17-14-11-8-5-2/h8,11,17,20,26,28-30,34-35,37-38,43,46,58H,4-7,9-10,12-16,18-19,21-25,27,31-33,36,39-42,44-45,47-57H2,1-3H3/b11-8-,20-17-,28-26-,30-29-,37-34-,38-35-,46-43-. The Morgan fingerprint density at radius 2 is 0.597 bits per heavy atom. The van der Waals surface area contributed by atoms with Crippen molar-refractivity contribution in [1.82, 2.24) is 0 Å². The highest BCUT2D eigenvalue weighted by Crippen LogP contribution is 2.14. The van der Waals surface area contributed by atoms with Gasteiger partial charge < -0.3 is 14.2 Å². The predicted molar refractivity (Wildman–Crippen MR) is 288 cm³/mol. The van der Waals surface area contributed by atoms with Crippen molar-refractivity contribution in [1.29, 1.82) is 0 Å². The largest absolute Gasteiger partial charge is 0.462 e. The topological polar surface area (TPSA) is 78.9 Å². The van der Waals surface area contributed by atoms with E-state index in [2.05, 4.69) is 106 Å². The molecule has 0 aliphatic rings. The van der Waals surface area contributed by atoms with Crippen molar-refractivity contribution in [3.63, 3.8) is 0 Å². The summed E-state index contributed by atoms with van der Waals surface area (Å²) in [5, 5.41) is 0. The maximum Gasteiger partial charge on any atom is 0.306 e. The third-order valence-electron chi connectivity index (χ3n) is 11.9. The highest BCUT2D eigenvalue weighted by molar-refractivity contribution is 5.71. The Balaban J connectivity index is 4.47. The lowest BCUT2D eigenvalue weighted by molar-refractivity contribution is -0.167. The average molecular weight is 933 g/mol. The molecule has 6 heteroatoms. The van der Waals surface area contributed by atoms with Gasteiger partial charge in [0.2, 0.25) is 0 Å². The zero-order chi connectivity index (χ0) is 48.6. The minimum Gasteiger partial charge on any atom is -0.462 e. The Morgan fingerprint density at radius 1 is 0.313 bits per heavy atom. The molecule has 0 bridgehead atoms. The number of allylic oxidation sites excluding steroid dienone is 14. The summed E-state index contributed by atoms with van der Waals surface area (Å²) in [6.45, 7) is 6.46. The summed E-state index contributed by atoms with van der Waals surface area (Å²) < 4.78 is 16.8. The van der Waals surface area contributed by atoms with Crippen molar-refractivity contribution >= 4 is 17.9 Å². The molecule has 0 fully saturated rings. The second-order valence-electron chi connectivity index (χ2n) is 18.5. The van der Waals surface area contributed by atoms with Gasteiger partial charge >= 0.3 is 17.9 Å². The van der Waals surface area contributed by atoms with Crippen LogP contribution in [0.2, 0.25) is 0 Å². The van der Waals surface area contributed by atoms with Crippen molar-refractivity contribution in [2.24, 2.45) is 0 Å². The molecule has 0 heterocycles. The van der Waals surface area contributed by atoms with E-state index in [1.165, 1.54) is 128 Å². The van der Waals surface area contributed by atoms with Crippen LogP contribution in [0.15, 0.2) is 85.1 Å². The number of carbonyl (C=O) groups excluding carboxylic acids is 3. The van der Waals surface area contributed by atoms with E-state index < -0.39 is 6.10 Å². The van der Waals surface area contributed by atoms with E-state index in [0.29, 0.717) is 19.3 Å². The Morgan fingerprint density at radius 3 is 0.985 bits per heavy atom. The van der Waals surface area contributed by atoms with Gasteiger partial charge in [0.05, 0.1) is 0 Å². The average Bonchev–Trinajstić information content (AvgIpc) is 3.33. The van der Waals surface area contributed by atoms with Gasteiger partial charge in [-0.15, -0.1) is 0 Å². The number of rotatable bonds is 50. The van der Waals surface area contributed by atoms with Gasteiger partial charge in [-0.25, -0.2) is 0 Å². The minimum absolute atomic E-state index is 0.106. The second kappa shape index (κ2) is 55.2. The van der Waals surface area contributed by atoms with Crippen LogP contribution in [0, 0.1) is 0 Å². The second-order valence-corrected chi connectivity index (χ2v) is 18.5. The van der Waals surface area contributed by atoms with Crippen LogP contribution in [0.4, 0.5) is 0 Å². The van der Waals surface area contributed by atoms with Gasteiger partial charge in [0, 0.05) is 19.3 Å². The first-order valence-electron chi connectivity index (χ1n) is 28.1. The molecule has 0 spiro atoms.